The van der Waals surface area contributed by atoms with Crippen molar-refractivity contribution >= 4 is 40.9 Å². The molecule has 1 saturated heterocycles. The third kappa shape index (κ3) is 3.38. The quantitative estimate of drug-likeness (QED) is 0.538. The predicted molar refractivity (Wildman–Crippen MR) is 117 cm³/mol. The number of nitrogen functional groups attached to an aromatic ring is 1. The summed E-state index contributed by atoms with van der Waals surface area (Å²) in [5.41, 5.74) is 7.70. The number of thiophene rings is 1. The Balaban J connectivity index is 1.40. The van der Waals surface area contributed by atoms with Crippen molar-refractivity contribution in [2.24, 2.45) is 0 Å². The maximum absolute atomic E-state index is 13.4. The predicted octanol–water partition coefficient (Wildman–Crippen LogP) is 2.85. The van der Waals surface area contributed by atoms with E-state index in [4.69, 9.17) is 5.73 Å². The summed E-state index contributed by atoms with van der Waals surface area (Å²) in [7, 11) is 0. The number of nitrogens with two attached hydrogens (primary N) is 1. The van der Waals surface area contributed by atoms with Gasteiger partial charge in [-0.05, 0) is 49.8 Å². The molecule has 9 nitrogen and oxygen atoms in total. The second-order valence-corrected chi connectivity index (χ2v) is 8.76. The molecule has 0 radical (unpaired) electrons. The van der Waals surface area contributed by atoms with Crippen LogP contribution in [0, 0.1) is 6.92 Å². The second kappa shape index (κ2) is 7.31. The third-order valence-corrected chi connectivity index (χ3v) is 6.62. The Morgan fingerprint density at radius 1 is 1.19 bits per heavy atom. The number of aromatic nitrogens is 3. The van der Waals surface area contributed by atoms with Gasteiger partial charge in [0.1, 0.15) is 5.54 Å². The molecule has 1 fully saturated rings. The van der Waals surface area contributed by atoms with Gasteiger partial charge in [-0.25, -0.2) is 4.79 Å². The summed E-state index contributed by atoms with van der Waals surface area (Å²) >= 11 is 1.62. The fourth-order valence-corrected chi connectivity index (χ4v) is 5.16. The number of nitrogens with zero attached hydrogens (tertiary/aromatic N) is 4. The molecule has 4 N–H and O–H groups in total. The van der Waals surface area contributed by atoms with E-state index in [0.717, 1.165) is 39.4 Å². The zero-order chi connectivity index (χ0) is 21.6. The Bertz CT molecular complexity index is 1180. The van der Waals surface area contributed by atoms with Crippen LogP contribution in [0.2, 0.25) is 0 Å². The molecule has 10 heteroatoms. The number of fused-ring (bicyclic) bond motifs is 2. The van der Waals surface area contributed by atoms with E-state index in [1.54, 1.807) is 11.3 Å². The number of imide groups is 1. The Hall–Kier alpha value is -3.53. The second-order valence-electron chi connectivity index (χ2n) is 7.76. The van der Waals surface area contributed by atoms with Gasteiger partial charge in [-0.15, -0.1) is 11.3 Å². The highest BCUT2D eigenvalue weighted by molar-refractivity contribution is 7.10. The first-order valence-electron chi connectivity index (χ1n) is 10.00. The normalized spacial score (nSPS) is 20.1. The van der Waals surface area contributed by atoms with Gasteiger partial charge in [-0.1, -0.05) is 17.7 Å². The van der Waals surface area contributed by atoms with Crippen molar-refractivity contribution in [1.82, 2.24) is 25.2 Å². The fourth-order valence-electron chi connectivity index (χ4n) is 4.16. The van der Waals surface area contributed by atoms with Crippen LogP contribution < -0.4 is 16.4 Å². The lowest BCUT2D eigenvalue weighted by atomic mass is 9.80. The summed E-state index contributed by atoms with van der Waals surface area (Å²) in [6.45, 7) is 1.92. The number of hydrogen-bond donors (Lipinski definition) is 3. The van der Waals surface area contributed by atoms with Crippen LogP contribution in [-0.2, 0) is 23.3 Å². The van der Waals surface area contributed by atoms with E-state index in [9.17, 15) is 9.59 Å². The zero-order valence-corrected chi connectivity index (χ0v) is 17.7. The molecular weight excluding hydrogens is 414 g/mol. The molecule has 2 aromatic heterocycles. The molecule has 3 amide bonds. The van der Waals surface area contributed by atoms with Crippen molar-refractivity contribution in [2.75, 3.05) is 11.1 Å². The number of rotatable bonds is 4. The van der Waals surface area contributed by atoms with E-state index in [-0.39, 0.29) is 30.2 Å². The third-order valence-electron chi connectivity index (χ3n) is 5.64. The Kier molecular flexibility index (Phi) is 4.58. The van der Waals surface area contributed by atoms with Crippen LogP contribution >= 0.6 is 11.3 Å². The molecule has 1 aromatic carbocycles. The maximum Gasteiger partial charge on any atom is 0.325 e. The number of aryl methyl sites for hydroxylation is 2. The van der Waals surface area contributed by atoms with Gasteiger partial charge >= 0.3 is 6.03 Å². The zero-order valence-electron chi connectivity index (χ0n) is 16.9. The Morgan fingerprint density at radius 2 is 2.00 bits per heavy atom. The first kappa shape index (κ1) is 19.4. The first-order chi connectivity index (χ1) is 14.9. The molecule has 2 aliphatic rings. The van der Waals surface area contributed by atoms with Crippen molar-refractivity contribution in [3.8, 4) is 0 Å². The molecular formula is C21H21N7O2S. The summed E-state index contributed by atoms with van der Waals surface area (Å²) in [4.78, 5) is 41.1. The maximum atomic E-state index is 13.4. The van der Waals surface area contributed by atoms with Gasteiger partial charge in [-0.2, -0.15) is 15.0 Å². The number of carbonyl (C=O) groups is 2. The van der Waals surface area contributed by atoms with Gasteiger partial charge in [-0.3, -0.25) is 9.69 Å². The number of amides is 3. The summed E-state index contributed by atoms with van der Waals surface area (Å²) in [6, 6.07) is 9.21. The monoisotopic (exact) mass is 435 g/mol. The molecule has 31 heavy (non-hydrogen) atoms. The highest BCUT2D eigenvalue weighted by Gasteiger charge is 2.54. The largest absolute Gasteiger partial charge is 0.368 e. The summed E-state index contributed by atoms with van der Waals surface area (Å²) < 4.78 is 0. The average molecular weight is 436 g/mol. The van der Waals surface area contributed by atoms with Crippen LogP contribution in [0.1, 0.15) is 34.7 Å². The lowest BCUT2D eigenvalue weighted by molar-refractivity contribution is -0.132. The molecule has 158 valence electrons. The minimum absolute atomic E-state index is 0.0131. The molecule has 0 saturated carbocycles. The molecule has 0 bridgehead atoms. The van der Waals surface area contributed by atoms with Gasteiger partial charge in [0.05, 0.1) is 6.54 Å². The molecule has 3 aromatic rings. The number of benzene rings is 1. The van der Waals surface area contributed by atoms with E-state index in [1.165, 1.54) is 0 Å². The smallest absolute Gasteiger partial charge is 0.325 e. The Morgan fingerprint density at radius 3 is 2.81 bits per heavy atom. The summed E-state index contributed by atoms with van der Waals surface area (Å²) in [5.74, 6) is 0.234. The van der Waals surface area contributed by atoms with E-state index < -0.39 is 11.6 Å². The van der Waals surface area contributed by atoms with Crippen LogP contribution in [0.5, 0.6) is 0 Å². The van der Waals surface area contributed by atoms with Gasteiger partial charge in [0.25, 0.3) is 5.91 Å². The molecule has 1 spiro atoms. The number of urea groups is 1. The molecule has 1 aliphatic carbocycles. The number of hydrogen-bond acceptors (Lipinski definition) is 8. The SMILES string of the molecule is Cc1ccc(Nc2nc(N)nc(CN3C(=O)N[C@@]4(CCCc5sccc54)C3=O)n2)cc1. The summed E-state index contributed by atoms with van der Waals surface area (Å²) in [6.07, 6.45) is 2.35. The van der Waals surface area contributed by atoms with Gasteiger partial charge in [0.2, 0.25) is 11.9 Å². The molecule has 3 heterocycles. The topological polar surface area (TPSA) is 126 Å². The molecule has 5 rings (SSSR count). The minimum Gasteiger partial charge on any atom is -0.368 e. The van der Waals surface area contributed by atoms with Gasteiger partial charge < -0.3 is 16.4 Å². The van der Waals surface area contributed by atoms with E-state index in [2.05, 4.69) is 25.6 Å². The van der Waals surface area contributed by atoms with E-state index in [0.29, 0.717) is 6.42 Å². The lowest BCUT2D eigenvalue weighted by Crippen LogP contribution is -2.46. The number of anilines is 3. The van der Waals surface area contributed by atoms with Crippen LogP contribution in [0.25, 0.3) is 0 Å². The van der Waals surface area contributed by atoms with Crippen LogP contribution in [0.15, 0.2) is 35.7 Å². The molecule has 1 aliphatic heterocycles. The fraction of sp³-hybridized carbons (Fsp3) is 0.286. The first-order valence-corrected chi connectivity index (χ1v) is 10.9. The highest BCUT2D eigenvalue weighted by Crippen LogP contribution is 2.42. The van der Waals surface area contributed by atoms with Crippen molar-refractivity contribution in [1.29, 1.82) is 0 Å². The van der Waals surface area contributed by atoms with Crippen molar-refractivity contribution < 1.29 is 9.59 Å². The van der Waals surface area contributed by atoms with Gasteiger partial charge in [0.15, 0.2) is 5.82 Å². The minimum atomic E-state index is -0.994. The average Bonchev–Trinajstić information content (AvgIpc) is 3.30. The number of carbonyl (C=O) groups excluding carboxylic acids is 2. The number of nitrogens with one attached hydrogen (secondary N) is 2. The van der Waals surface area contributed by atoms with Crippen molar-refractivity contribution in [3.63, 3.8) is 0 Å². The standard InChI is InChI=1S/C21H21N7O2S/c1-12-4-6-13(7-5-12)23-19-25-16(24-18(22)26-19)11-28-17(29)21(27-20(28)30)9-2-3-15-14(21)8-10-31-15/h4-8,10H,2-3,9,11H2,1H3,(H,27,30)(H3,22,23,24,25,26)/t21-/m1/s1. The van der Waals surface area contributed by atoms with Gasteiger partial charge in [0, 0.05) is 16.1 Å². The summed E-state index contributed by atoms with van der Waals surface area (Å²) in [5, 5.41) is 7.98. The van der Waals surface area contributed by atoms with E-state index in [1.807, 2.05) is 42.6 Å². The van der Waals surface area contributed by atoms with Crippen molar-refractivity contribution in [3.05, 3.63) is 57.5 Å². The highest BCUT2D eigenvalue weighted by atomic mass is 32.1. The van der Waals surface area contributed by atoms with Crippen LogP contribution in [0.4, 0.5) is 22.4 Å². The Labute approximate surface area is 182 Å². The lowest BCUT2D eigenvalue weighted by Gasteiger charge is -2.31. The molecule has 0 unspecified atom stereocenters. The van der Waals surface area contributed by atoms with E-state index >= 15 is 0 Å². The molecule has 1 atom stereocenters. The van der Waals surface area contributed by atoms with Crippen LogP contribution in [-0.4, -0.2) is 31.8 Å². The van der Waals surface area contributed by atoms with Crippen molar-refractivity contribution in [2.45, 2.75) is 38.3 Å². The van der Waals surface area contributed by atoms with Crippen LogP contribution in [0.3, 0.4) is 0 Å².